The normalized spacial score (nSPS) is 11.8. The van der Waals surface area contributed by atoms with Crippen molar-refractivity contribution in [2.24, 2.45) is 0 Å². The van der Waals surface area contributed by atoms with Crippen LogP contribution in [-0.4, -0.2) is 11.8 Å². The van der Waals surface area contributed by atoms with Crippen LogP contribution in [0.1, 0.15) is 65.2 Å². The smallest absolute Gasteiger partial charge is 0.322 e. The second-order valence-corrected chi connectivity index (χ2v) is 10.4. The van der Waals surface area contributed by atoms with Crippen molar-refractivity contribution in [2.75, 3.05) is 10.6 Å². The number of halogens is 6. The molecule has 10 heteroatoms. The maximum absolute atomic E-state index is 14.1. The summed E-state index contributed by atoms with van der Waals surface area (Å²) in [6.45, 7) is 7.29. The van der Waals surface area contributed by atoms with E-state index in [9.17, 15) is 35.9 Å². The highest BCUT2D eigenvalue weighted by Crippen LogP contribution is 2.38. The van der Waals surface area contributed by atoms with Gasteiger partial charge in [0.2, 0.25) is 0 Å². The van der Waals surface area contributed by atoms with E-state index in [2.05, 4.69) is 10.6 Å². The Morgan fingerprint density at radius 1 is 0.535 bits per heavy atom. The predicted molar refractivity (Wildman–Crippen MR) is 153 cm³/mol. The molecule has 2 N–H and O–H groups in total. The van der Waals surface area contributed by atoms with E-state index in [1.807, 2.05) is 13.8 Å². The minimum Gasteiger partial charge on any atom is -0.322 e. The van der Waals surface area contributed by atoms with Crippen molar-refractivity contribution >= 4 is 23.2 Å². The SMILES string of the molecule is Cc1ccc(C(=O)Nc2ccc(Cc3ccc(NC(=O)c4ccc(C)c(C)c4)cc3C(F)(F)F)c(C(F)(F)F)c2)cc1C. The first kappa shape index (κ1) is 31.3. The Kier molecular flexibility index (Phi) is 8.71. The second kappa shape index (κ2) is 11.9. The maximum Gasteiger partial charge on any atom is 0.416 e. The molecular weight excluding hydrogens is 570 g/mol. The fourth-order valence-electron chi connectivity index (χ4n) is 4.52. The third kappa shape index (κ3) is 7.43. The molecule has 0 saturated carbocycles. The third-order valence-electron chi connectivity index (χ3n) is 7.27. The summed E-state index contributed by atoms with van der Waals surface area (Å²) in [5.41, 5.74) is 0.565. The summed E-state index contributed by atoms with van der Waals surface area (Å²) in [5, 5.41) is 4.86. The summed E-state index contributed by atoms with van der Waals surface area (Å²) < 4.78 is 84.4. The van der Waals surface area contributed by atoms with Gasteiger partial charge in [0, 0.05) is 22.5 Å². The first-order valence-electron chi connectivity index (χ1n) is 13.2. The van der Waals surface area contributed by atoms with Crippen molar-refractivity contribution in [1.82, 2.24) is 0 Å². The quantitative estimate of drug-likeness (QED) is 0.218. The number of alkyl halides is 6. The number of hydrogen-bond donors (Lipinski definition) is 2. The van der Waals surface area contributed by atoms with E-state index in [1.54, 1.807) is 50.2 Å². The molecule has 0 aromatic heterocycles. The topological polar surface area (TPSA) is 58.2 Å². The molecule has 0 heterocycles. The van der Waals surface area contributed by atoms with E-state index in [1.165, 1.54) is 12.1 Å². The lowest BCUT2D eigenvalue weighted by Crippen LogP contribution is -2.17. The van der Waals surface area contributed by atoms with E-state index >= 15 is 0 Å². The molecule has 0 fully saturated rings. The van der Waals surface area contributed by atoms with Gasteiger partial charge in [-0.2, -0.15) is 26.3 Å². The summed E-state index contributed by atoms with van der Waals surface area (Å²) in [7, 11) is 0. The van der Waals surface area contributed by atoms with E-state index in [0.29, 0.717) is 12.1 Å². The summed E-state index contributed by atoms with van der Waals surface area (Å²) in [6.07, 6.45) is -10.5. The van der Waals surface area contributed by atoms with E-state index in [4.69, 9.17) is 0 Å². The molecule has 0 aliphatic heterocycles. The van der Waals surface area contributed by atoms with Crippen LogP contribution in [0.2, 0.25) is 0 Å². The molecule has 4 aromatic carbocycles. The van der Waals surface area contributed by atoms with Gasteiger partial charge in [0.25, 0.3) is 11.8 Å². The Balaban J connectivity index is 1.63. The lowest BCUT2D eigenvalue weighted by Gasteiger charge is -2.19. The molecule has 4 aromatic rings. The zero-order valence-electron chi connectivity index (χ0n) is 23.7. The zero-order valence-corrected chi connectivity index (χ0v) is 23.7. The minimum absolute atomic E-state index is 0.153. The van der Waals surface area contributed by atoms with Crippen LogP contribution in [0.3, 0.4) is 0 Å². The number of carbonyl (C=O) groups is 2. The second-order valence-electron chi connectivity index (χ2n) is 10.4. The van der Waals surface area contributed by atoms with Crippen LogP contribution in [0.25, 0.3) is 0 Å². The van der Waals surface area contributed by atoms with Crippen LogP contribution in [0.15, 0.2) is 72.8 Å². The van der Waals surface area contributed by atoms with Crippen molar-refractivity contribution in [1.29, 1.82) is 0 Å². The Bertz CT molecular complexity index is 1580. The van der Waals surface area contributed by atoms with Gasteiger partial charge in [-0.05, 0) is 116 Å². The van der Waals surface area contributed by atoms with Gasteiger partial charge in [-0.15, -0.1) is 0 Å². The number of rotatable bonds is 6. The summed E-state index contributed by atoms with van der Waals surface area (Å²) in [5.74, 6) is -1.25. The molecule has 4 rings (SSSR count). The number of carbonyl (C=O) groups excluding carboxylic acids is 2. The molecule has 2 amide bonds. The molecule has 0 spiro atoms. The predicted octanol–water partition coefficient (Wildman–Crippen LogP) is 9.05. The first-order chi connectivity index (χ1) is 20.0. The van der Waals surface area contributed by atoms with Crippen LogP contribution >= 0.6 is 0 Å². The molecular formula is C33H28F6N2O2. The number of hydrogen-bond acceptors (Lipinski definition) is 2. The highest BCUT2D eigenvalue weighted by Gasteiger charge is 2.37. The van der Waals surface area contributed by atoms with E-state index < -0.39 is 52.8 Å². The van der Waals surface area contributed by atoms with Gasteiger partial charge in [0.05, 0.1) is 11.1 Å². The van der Waals surface area contributed by atoms with Crippen LogP contribution in [-0.2, 0) is 18.8 Å². The standard InChI is InChI=1S/C33H28F6N2O2/c1-18-5-7-24(13-20(18)3)30(42)40-26-11-9-22(28(16-26)32(34,35)36)15-23-10-12-27(17-29(23)33(37,38)39)41-31(43)25-8-6-19(2)21(4)14-25/h5-14,16-17H,15H2,1-4H3,(H,40,42)(H,41,43). The largest absolute Gasteiger partial charge is 0.416 e. The summed E-state index contributed by atoms with van der Waals surface area (Å²) in [4.78, 5) is 25.3. The lowest BCUT2D eigenvalue weighted by molar-refractivity contribution is -0.138. The van der Waals surface area contributed by atoms with Crippen molar-refractivity contribution in [3.63, 3.8) is 0 Å². The van der Waals surface area contributed by atoms with Crippen molar-refractivity contribution in [3.8, 4) is 0 Å². The zero-order chi connectivity index (χ0) is 31.7. The van der Waals surface area contributed by atoms with Crippen molar-refractivity contribution in [2.45, 2.75) is 46.5 Å². The van der Waals surface area contributed by atoms with Crippen LogP contribution in [0, 0.1) is 27.7 Å². The Morgan fingerprint density at radius 2 is 0.907 bits per heavy atom. The molecule has 224 valence electrons. The number of benzene rings is 4. The summed E-state index contributed by atoms with van der Waals surface area (Å²) >= 11 is 0. The van der Waals surface area contributed by atoms with Crippen LogP contribution < -0.4 is 10.6 Å². The monoisotopic (exact) mass is 598 g/mol. The van der Waals surface area contributed by atoms with Gasteiger partial charge >= 0.3 is 12.4 Å². The number of anilines is 2. The fourth-order valence-corrected chi connectivity index (χ4v) is 4.52. The number of nitrogens with one attached hydrogen (secondary N) is 2. The number of aryl methyl sites for hydroxylation is 4. The van der Waals surface area contributed by atoms with Crippen molar-refractivity contribution < 1.29 is 35.9 Å². The first-order valence-corrected chi connectivity index (χ1v) is 13.2. The van der Waals surface area contributed by atoms with Gasteiger partial charge in [0.1, 0.15) is 0 Å². The van der Waals surface area contributed by atoms with Crippen LogP contribution in [0.5, 0.6) is 0 Å². The third-order valence-corrected chi connectivity index (χ3v) is 7.27. The molecule has 0 aliphatic rings. The molecule has 43 heavy (non-hydrogen) atoms. The Hall–Kier alpha value is -4.60. The number of amides is 2. The fraction of sp³-hybridized carbons (Fsp3) is 0.212. The Labute approximate surface area is 244 Å². The van der Waals surface area contributed by atoms with Gasteiger partial charge in [-0.1, -0.05) is 24.3 Å². The molecule has 0 radical (unpaired) electrons. The van der Waals surface area contributed by atoms with E-state index in [-0.39, 0.29) is 22.5 Å². The molecule has 0 bridgehead atoms. The molecule has 0 saturated heterocycles. The molecule has 0 aliphatic carbocycles. The van der Waals surface area contributed by atoms with Gasteiger partial charge in [-0.3, -0.25) is 9.59 Å². The van der Waals surface area contributed by atoms with Crippen LogP contribution in [0.4, 0.5) is 37.7 Å². The molecule has 0 atom stereocenters. The molecule has 0 unspecified atom stereocenters. The van der Waals surface area contributed by atoms with Gasteiger partial charge in [0.15, 0.2) is 0 Å². The Morgan fingerprint density at radius 3 is 1.23 bits per heavy atom. The highest BCUT2D eigenvalue weighted by molar-refractivity contribution is 6.05. The molecule has 4 nitrogen and oxygen atoms in total. The average molecular weight is 599 g/mol. The van der Waals surface area contributed by atoms with E-state index in [0.717, 1.165) is 34.4 Å². The van der Waals surface area contributed by atoms with Crippen molar-refractivity contribution in [3.05, 3.63) is 128 Å². The maximum atomic E-state index is 14.1. The lowest BCUT2D eigenvalue weighted by atomic mass is 9.94. The summed E-state index contributed by atoms with van der Waals surface area (Å²) in [6, 6.07) is 15.7. The highest BCUT2D eigenvalue weighted by atomic mass is 19.4. The van der Waals surface area contributed by atoms with Gasteiger partial charge < -0.3 is 10.6 Å². The average Bonchev–Trinajstić information content (AvgIpc) is 2.92. The van der Waals surface area contributed by atoms with Gasteiger partial charge in [-0.25, -0.2) is 0 Å². The minimum atomic E-state index is -4.91.